The van der Waals surface area contributed by atoms with Gasteiger partial charge in [-0.3, -0.25) is 0 Å². The second kappa shape index (κ2) is 9.61. The minimum atomic E-state index is 0.0715. The molecule has 0 radical (unpaired) electrons. The first kappa shape index (κ1) is 24.4. The van der Waals surface area contributed by atoms with E-state index in [1.165, 1.54) is 64.2 Å². The molecule has 1 aliphatic heterocycles. The molecule has 0 bridgehead atoms. The highest BCUT2D eigenvalue weighted by atomic mass is 16.7. The summed E-state index contributed by atoms with van der Waals surface area (Å²) in [4.78, 5) is 0. The molecule has 0 amide bonds. The SMILES string of the molecule is CC(C)CCC[C@@H](C)[C@H]1CC[C@@H]2[C@@H]1CC[C@H]1[C@@]2(C)CC=C2C[C@@H](OC3CCCO3)CC[C@@]21C. The fraction of sp³-hybridized carbons (Fsp3) is 0.935. The van der Waals surface area contributed by atoms with Gasteiger partial charge in [0.15, 0.2) is 6.29 Å². The van der Waals surface area contributed by atoms with Gasteiger partial charge >= 0.3 is 0 Å². The minimum Gasteiger partial charge on any atom is -0.353 e. The van der Waals surface area contributed by atoms with Gasteiger partial charge in [0.05, 0.1) is 6.10 Å². The topological polar surface area (TPSA) is 18.5 Å². The van der Waals surface area contributed by atoms with E-state index in [1.807, 2.05) is 0 Å². The fourth-order valence-electron chi connectivity index (χ4n) is 9.63. The molecule has 2 nitrogen and oxygen atoms in total. The largest absolute Gasteiger partial charge is 0.353 e. The normalized spacial score (nSPS) is 45.9. The summed E-state index contributed by atoms with van der Waals surface area (Å²) < 4.78 is 12.2. The van der Waals surface area contributed by atoms with Gasteiger partial charge in [-0.1, -0.05) is 65.5 Å². The summed E-state index contributed by atoms with van der Waals surface area (Å²) in [5, 5.41) is 0. The van der Waals surface area contributed by atoms with Gasteiger partial charge in [0, 0.05) is 13.0 Å². The van der Waals surface area contributed by atoms with Crippen LogP contribution >= 0.6 is 0 Å². The van der Waals surface area contributed by atoms with Crippen molar-refractivity contribution in [3.05, 3.63) is 11.6 Å². The molecule has 1 heterocycles. The third kappa shape index (κ3) is 4.50. The number of ether oxygens (including phenoxy) is 2. The third-order valence-electron chi connectivity index (χ3n) is 11.4. The van der Waals surface area contributed by atoms with Crippen LogP contribution in [-0.4, -0.2) is 19.0 Å². The molecular weight excluding hydrogens is 404 g/mol. The zero-order valence-corrected chi connectivity index (χ0v) is 22.4. The van der Waals surface area contributed by atoms with Gasteiger partial charge < -0.3 is 9.47 Å². The zero-order valence-electron chi connectivity index (χ0n) is 22.4. The molecule has 1 saturated heterocycles. The van der Waals surface area contributed by atoms with Crippen LogP contribution in [0.25, 0.3) is 0 Å². The molecule has 33 heavy (non-hydrogen) atoms. The average Bonchev–Trinajstić information content (AvgIpc) is 3.44. The van der Waals surface area contributed by atoms with Gasteiger partial charge in [-0.2, -0.15) is 0 Å². The summed E-state index contributed by atoms with van der Waals surface area (Å²) in [6, 6.07) is 0. The minimum absolute atomic E-state index is 0.0715. The van der Waals surface area contributed by atoms with Crippen molar-refractivity contribution in [1.29, 1.82) is 0 Å². The monoisotopic (exact) mass is 456 g/mol. The lowest BCUT2D eigenvalue weighted by atomic mass is 9.44. The summed E-state index contributed by atoms with van der Waals surface area (Å²) >= 11 is 0. The molecule has 0 aromatic heterocycles. The zero-order chi connectivity index (χ0) is 23.2. The van der Waals surface area contributed by atoms with E-state index in [9.17, 15) is 0 Å². The van der Waals surface area contributed by atoms with Crippen molar-refractivity contribution < 1.29 is 9.47 Å². The highest BCUT2D eigenvalue weighted by molar-refractivity contribution is 5.27. The van der Waals surface area contributed by atoms with Gasteiger partial charge in [0.2, 0.25) is 0 Å². The van der Waals surface area contributed by atoms with Crippen molar-refractivity contribution >= 4 is 0 Å². The Morgan fingerprint density at radius 3 is 2.64 bits per heavy atom. The summed E-state index contributed by atoms with van der Waals surface area (Å²) in [5.41, 5.74) is 2.68. The van der Waals surface area contributed by atoms with Crippen molar-refractivity contribution in [2.24, 2.45) is 46.3 Å². The smallest absolute Gasteiger partial charge is 0.158 e. The van der Waals surface area contributed by atoms with E-state index in [0.717, 1.165) is 61.4 Å². The molecule has 4 fully saturated rings. The van der Waals surface area contributed by atoms with Crippen LogP contribution in [0.1, 0.15) is 118 Å². The van der Waals surface area contributed by atoms with E-state index in [1.54, 1.807) is 5.57 Å². The molecule has 5 rings (SSSR count). The number of hydrogen-bond acceptors (Lipinski definition) is 2. The van der Waals surface area contributed by atoms with Crippen molar-refractivity contribution in [2.45, 2.75) is 130 Å². The molecule has 1 unspecified atom stereocenters. The predicted octanol–water partition coefficient (Wildman–Crippen LogP) is 8.55. The number of rotatable bonds is 7. The van der Waals surface area contributed by atoms with Crippen LogP contribution in [0.2, 0.25) is 0 Å². The molecule has 0 aromatic carbocycles. The lowest BCUT2D eigenvalue weighted by Crippen LogP contribution is -2.53. The first-order valence-electron chi connectivity index (χ1n) is 14.8. The van der Waals surface area contributed by atoms with Crippen LogP contribution in [0.5, 0.6) is 0 Å². The van der Waals surface area contributed by atoms with Gasteiger partial charge in [0.1, 0.15) is 0 Å². The molecule has 3 saturated carbocycles. The molecule has 188 valence electrons. The Bertz CT molecular complexity index is 706. The Kier molecular flexibility index (Phi) is 7.09. The van der Waals surface area contributed by atoms with Crippen LogP contribution in [0.3, 0.4) is 0 Å². The van der Waals surface area contributed by atoms with Crippen molar-refractivity contribution in [2.75, 3.05) is 6.61 Å². The second-order valence-corrected chi connectivity index (χ2v) is 13.7. The summed E-state index contributed by atoms with van der Waals surface area (Å²) in [6.45, 7) is 13.6. The van der Waals surface area contributed by atoms with E-state index in [-0.39, 0.29) is 6.29 Å². The van der Waals surface area contributed by atoms with Gasteiger partial charge in [-0.05, 0) is 104 Å². The predicted molar refractivity (Wildman–Crippen MR) is 137 cm³/mol. The standard InChI is InChI=1S/C31H52O2/c1-21(2)8-6-9-22(3)25-11-13-27-26(25)12-14-28-30(4)18-16-24(33-29-10-7-19-32-29)20-23(30)15-17-31(27,28)5/h15,21-22,24-29H,6-14,16-20H2,1-5H3/t22-,24+,25-,26-,27-,28-,29?,30+,31+/m1/s1. The van der Waals surface area contributed by atoms with E-state index >= 15 is 0 Å². The maximum absolute atomic E-state index is 6.40. The van der Waals surface area contributed by atoms with Crippen LogP contribution in [-0.2, 0) is 9.47 Å². The van der Waals surface area contributed by atoms with Crippen LogP contribution in [0.15, 0.2) is 11.6 Å². The van der Waals surface area contributed by atoms with Crippen molar-refractivity contribution in [1.82, 2.24) is 0 Å². The van der Waals surface area contributed by atoms with E-state index in [4.69, 9.17) is 9.47 Å². The van der Waals surface area contributed by atoms with E-state index in [2.05, 4.69) is 40.7 Å². The first-order valence-corrected chi connectivity index (χ1v) is 14.8. The quantitative estimate of drug-likeness (QED) is 0.357. The summed E-state index contributed by atoms with van der Waals surface area (Å²) in [6.07, 6.45) is 20.7. The van der Waals surface area contributed by atoms with E-state index < -0.39 is 0 Å². The molecule has 0 spiro atoms. The van der Waals surface area contributed by atoms with Crippen LogP contribution < -0.4 is 0 Å². The highest BCUT2D eigenvalue weighted by Crippen LogP contribution is 2.68. The van der Waals surface area contributed by atoms with E-state index in [0.29, 0.717) is 16.9 Å². The Balaban J connectivity index is 1.26. The number of allylic oxidation sites excluding steroid dienone is 1. The molecule has 2 heteroatoms. The Labute approximate surface area is 204 Å². The van der Waals surface area contributed by atoms with Crippen LogP contribution in [0, 0.1) is 46.3 Å². The molecule has 4 aliphatic carbocycles. The maximum atomic E-state index is 6.40. The van der Waals surface area contributed by atoms with Gasteiger partial charge in [-0.25, -0.2) is 0 Å². The summed E-state index contributed by atoms with van der Waals surface area (Å²) in [7, 11) is 0. The fourth-order valence-corrected chi connectivity index (χ4v) is 9.63. The van der Waals surface area contributed by atoms with Crippen molar-refractivity contribution in [3.63, 3.8) is 0 Å². The Hall–Kier alpha value is -0.340. The second-order valence-electron chi connectivity index (χ2n) is 13.7. The lowest BCUT2D eigenvalue weighted by Gasteiger charge is -2.61. The molecular formula is C31H52O2. The number of hydrogen-bond donors (Lipinski definition) is 0. The lowest BCUT2D eigenvalue weighted by molar-refractivity contribution is -0.158. The maximum Gasteiger partial charge on any atom is 0.158 e. The van der Waals surface area contributed by atoms with Crippen molar-refractivity contribution in [3.8, 4) is 0 Å². The van der Waals surface area contributed by atoms with Crippen LogP contribution in [0.4, 0.5) is 0 Å². The highest BCUT2D eigenvalue weighted by Gasteiger charge is 2.60. The van der Waals surface area contributed by atoms with Gasteiger partial charge in [-0.15, -0.1) is 0 Å². The first-order chi connectivity index (χ1) is 15.8. The molecule has 5 aliphatic rings. The molecule has 0 N–H and O–H groups in total. The molecule has 9 atom stereocenters. The number of fused-ring (bicyclic) bond motifs is 5. The average molecular weight is 457 g/mol. The Morgan fingerprint density at radius 2 is 1.88 bits per heavy atom. The Morgan fingerprint density at radius 1 is 1.03 bits per heavy atom. The molecule has 0 aromatic rings. The summed E-state index contributed by atoms with van der Waals surface area (Å²) in [5.74, 6) is 5.62. The third-order valence-corrected chi connectivity index (χ3v) is 11.4. The van der Waals surface area contributed by atoms with Gasteiger partial charge in [0.25, 0.3) is 0 Å².